The zero-order chi connectivity index (χ0) is 15.5. The molecule has 1 atom stereocenters. The van der Waals surface area contributed by atoms with Crippen molar-refractivity contribution in [1.29, 1.82) is 0 Å². The summed E-state index contributed by atoms with van der Waals surface area (Å²) in [5.74, 6) is 1.46. The first-order valence-corrected chi connectivity index (χ1v) is 7.32. The van der Waals surface area contributed by atoms with E-state index < -0.39 is 11.7 Å². The quantitative estimate of drug-likeness (QED) is 0.815. The van der Waals surface area contributed by atoms with E-state index in [0.29, 0.717) is 24.1 Å². The highest BCUT2D eigenvalue weighted by Crippen LogP contribution is 2.40. The number of allylic oxidation sites excluding steroid dienone is 1. The van der Waals surface area contributed by atoms with Crippen molar-refractivity contribution < 1.29 is 14.1 Å². The maximum atomic E-state index is 11.9. The summed E-state index contributed by atoms with van der Waals surface area (Å²) in [6, 6.07) is -0.235. The normalized spacial score (nSPS) is 16.3. The number of aromatic nitrogens is 2. The second kappa shape index (κ2) is 6.28. The van der Waals surface area contributed by atoms with Crippen molar-refractivity contribution in [2.75, 3.05) is 0 Å². The average molecular weight is 293 g/mol. The second-order valence-corrected chi connectivity index (χ2v) is 6.33. The highest BCUT2D eigenvalue weighted by Gasteiger charge is 2.37. The van der Waals surface area contributed by atoms with Crippen LogP contribution >= 0.6 is 0 Å². The van der Waals surface area contributed by atoms with E-state index >= 15 is 0 Å². The van der Waals surface area contributed by atoms with Gasteiger partial charge >= 0.3 is 6.09 Å². The predicted octanol–water partition coefficient (Wildman–Crippen LogP) is 3.16. The molecular formula is C15H23N3O3. The van der Waals surface area contributed by atoms with Gasteiger partial charge in [0.1, 0.15) is 5.60 Å². The fraction of sp³-hybridized carbons (Fsp3) is 0.667. The Hall–Kier alpha value is -1.85. The minimum atomic E-state index is -0.523. The first-order valence-electron chi connectivity index (χ1n) is 7.32. The first-order chi connectivity index (χ1) is 9.89. The molecule has 0 spiro atoms. The molecule has 1 N–H and O–H groups in total. The van der Waals surface area contributed by atoms with Crippen LogP contribution in [0.2, 0.25) is 0 Å². The number of hydrogen-bond acceptors (Lipinski definition) is 5. The summed E-state index contributed by atoms with van der Waals surface area (Å²) in [6.07, 6.45) is 4.92. The molecule has 1 aliphatic carbocycles. The molecule has 0 aromatic carbocycles. The Bertz CT molecular complexity index is 501. The molecule has 0 radical (unpaired) electrons. The topological polar surface area (TPSA) is 77.2 Å². The minimum Gasteiger partial charge on any atom is -0.444 e. The fourth-order valence-corrected chi connectivity index (χ4v) is 1.98. The Kier molecular flexibility index (Phi) is 4.65. The first kappa shape index (κ1) is 15.5. The summed E-state index contributed by atoms with van der Waals surface area (Å²) in [4.78, 5) is 16.3. The van der Waals surface area contributed by atoms with E-state index in [1.165, 1.54) is 0 Å². The van der Waals surface area contributed by atoms with Gasteiger partial charge in [0.25, 0.3) is 0 Å². The van der Waals surface area contributed by atoms with E-state index in [1.807, 2.05) is 20.8 Å². The Morgan fingerprint density at radius 1 is 1.57 bits per heavy atom. The van der Waals surface area contributed by atoms with Gasteiger partial charge in [0.15, 0.2) is 5.82 Å². The van der Waals surface area contributed by atoms with Gasteiger partial charge in [-0.25, -0.2) is 4.79 Å². The van der Waals surface area contributed by atoms with Gasteiger partial charge in [-0.05, 0) is 46.0 Å². The van der Waals surface area contributed by atoms with E-state index in [0.717, 1.165) is 19.3 Å². The van der Waals surface area contributed by atoms with Crippen LogP contribution in [0.5, 0.6) is 0 Å². The standard InChI is InChI=1S/C15H23N3O3/c1-5-6-7-11-16-13(18-21-11)12(10-8-9-10)17-14(19)20-15(2,3)4/h5,10,12H,1,6-9H2,2-4H3,(H,17,19)/t12-/m0/s1. The molecule has 1 aromatic heterocycles. The summed E-state index contributed by atoms with van der Waals surface area (Å²) < 4.78 is 10.5. The smallest absolute Gasteiger partial charge is 0.408 e. The molecule has 0 unspecified atom stereocenters. The zero-order valence-electron chi connectivity index (χ0n) is 12.9. The third kappa shape index (κ3) is 4.88. The van der Waals surface area contributed by atoms with E-state index in [2.05, 4.69) is 22.0 Å². The molecule has 2 rings (SSSR count). The highest BCUT2D eigenvalue weighted by atomic mass is 16.6. The van der Waals surface area contributed by atoms with Crippen molar-refractivity contribution in [2.24, 2.45) is 5.92 Å². The van der Waals surface area contributed by atoms with Gasteiger partial charge in [0, 0.05) is 6.42 Å². The third-order valence-corrected chi connectivity index (χ3v) is 3.09. The molecule has 1 aliphatic rings. The maximum Gasteiger partial charge on any atom is 0.408 e. The molecule has 6 heteroatoms. The second-order valence-electron chi connectivity index (χ2n) is 6.33. The molecule has 0 saturated heterocycles. The Labute approximate surface area is 124 Å². The molecule has 6 nitrogen and oxygen atoms in total. The SMILES string of the molecule is C=CCCc1nc([C@@H](NC(=O)OC(C)(C)C)C2CC2)no1. The van der Waals surface area contributed by atoms with Crippen LogP contribution in [-0.2, 0) is 11.2 Å². The molecule has 1 saturated carbocycles. The van der Waals surface area contributed by atoms with Crippen LogP contribution in [0.25, 0.3) is 0 Å². The number of rotatable bonds is 6. The van der Waals surface area contributed by atoms with Crippen molar-refractivity contribution >= 4 is 6.09 Å². The largest absolute Gasteiger partial charge is 0.444 e. The van der Waals surface area contributed by atoms with Crippen molar-refractivity contribution in [3.63, 3.8) is 0 Å². The van der Waals surface area contributed by atoms with E-state index in [9.17, 15) is 4.79 Å². The summed E-state index contributed by atoms with van der Waals surface area (Å²) >= 11 is 0. The molecule has 1 fully saturated rings. The van der Waals surface area contributed by atoms with Gasteiger partial charge in [-0.1, -0.05) is 11.2 Å². The van der Waals surface area contributed by atoms with Crippen LogP contribution in [0.3, 0.4) is 0 Å². The predicted molar refractivity (Wildman–Crippen MR) is 77.7 cm³/mol. The number of ether oxygens (including phenoxy) is 1. The lowest BCUT2D eigenvalue weighted by Crippen LogP contribution is -2.36. The summed E-state index contributed by atoms with van der Waals surface area (Å²) in [7, 11) is 0. The van der Waals surface area contributed by atoms with Crippen molar-refractivity contribution in [1.82, 2.24) is 15.5 Å². The summed E-state index contributed by atoms with van der Waals surface area (Å²) in [6.45, 7) is 9.17. The number of carbonyl (C=O) groups excluding carboxylic acids is 1. The fourth-order valence-electron chi connectivity index (χ4n) is 1.98. The zero-order valence-corrected chi connectivity index (χ0v) is 12.9. The number of aryl methyl sites for hydroxylation is 1. The van der Waals surface area contributed by atoms with Gasteiger partial charge in [0.2, 0.25) is 5.89 Å². The molecular weight excluding hydrogens is 270 g/mol. The summed E-state index contributed by atoms with van der Waals surface area (Å²) in [5.41, 5.74) is -0.523. The number of carbonyl (C=O) groups is 1. The maximum absolute atomic E-state index is 11.9. The monoisotopic (exact) mass is 293 g/mol. The average Bonchev–Trinajstić information content (AvgIpc) is 3.10. The van der Waals surface area contributed by atoms with Gasteiger partial charge in [-0.3, -0.25) is 0 Å². The lowest BCUT2D eigenvalue weighted by molar-refractivity contribution is 0.0494. The van der Waals surface area contributed by atoms with Crippen molar-refractivity contribution in [3.05, 3.63) is 24.4 Å². The highest BCUT2D eigenvalue weighted by molar-refractivity contribution is 5.68. The van der Waals surface area contributed by atoms with Crippen LogP contribution in [0.4, 0.5) is 4.79 Å². The van der Waals surface area contributed by atoms with E-state index in [4.69, 9.17) is 9.26 Å². The van der Waals surface area contributed by atoms with E-state index in [1.54, 1.807) is 6.08 Å². The van der Waals surface area contributed by atoms with Gasteiger partial charge in [0.05, 0.1) is 6.04 Å². The van der Waals surface area contributed by atoms with Crippen molar-refractivity contribution in [3.8, 4) is 0 Å². The molecule has 21 heavy (non-hydrogen) atoms. The molecule has 116 valence electrons. The van der Waals surface area contributed by atoms with Crippen LogP contribution in [0, 0.1) is 5.92 Å². The number of nitrogens with one attached hydrogen (secondary N) is 1. The number of nitrogens with zero attached hydrogens (tertiary/aromatic N) is 2. The lowest BCUT2D eigenvalue weighted by atomic mass is 10.1. The van der Waals surface area contributed by atoms with Gasteiger partial charge in [-0.2, -0.15) is 4.98 Å². The molecule has 0 aliphatic heterocycles. The third-order valence-electron chi connectivity index (χ3n) is 3.09. The van der Waals surface area contributed by atoms with Gasteiger partial charge in [-0.15, -0.1) is 6.58 Å². The van der Waals surface area contributed by atoms with Crippen molar-refractivity contribution in [2.45, 2.75) is 58.1 Å². The van der Waals surface area contributed by atoms with Gasteiger partial charge < -0.3 is 14.6 Å². The minimum absolute atomic E-state index is 0.235. The Balaban J connectivity index is 2.00. The molecule has 1 heterocycles. The summed E-state index contributed by atoms with van der Waals surface area (Å²) in [5, 5.41) is 6.84. The number of amides is 1. The Morgan fingerprint density at radius 3 is 2.86 bits per heavy atom. The van der Waals surface area contributed by atoms with Crippen LogP contribution in [0.15, 0.2) is 17.2 Å². The van der Waals surface area contributed by atoms with Crippen LogP contribution < -0.4 is 5.32 Å². The molecule has 1 aromatic rings. The van der Waals surface area contributed by atoms with Crippen LogP contribution in [-0.4, -0.2) is 21.8 Å². The number of alkyl carbamates (subject to hydrolysis) is 1. The number of hydrogen-bond donors (Lipinski definition) is 1. The van der Waals surface area contributed by atoms with E-state index in [-0.39, 0.29) is 6.04 Å². The molecule has 0 bridgehead atoms. The lowest BCUT2D eigenvalue weighted by Gasteiger charge is -2.22. The molecule has 1 amide bonds. The van der Waals surface area contributed by atoms with Crippen LogP contribution in [0.1, 0.15) is 57.8 Å². The Morgan fingerprint density at radius 2 is 2.29 bits per heavy atom.